The van der Waals surface area contributed by atoms with Gasteiger partial charge in [-0.2, -0.15) is 13.2 Å². The van der Waals surface area contributed by atoms with Crippen molar-refractivity contribution in [3.63, 3.8) is 0 Å². The smallest absolute Gasteiger partial charge is 0.422 e. The standard InChI is InChI=1S/C15H21F3N2O/c16-15(17,18)11-21-14-9-8-13(10-19-14)20-12-6-4-2-1-3-5-7-12/h8-10,12,20H,1-7,11H2. The minimum Gasteiger partial charge on any atom is -0.468 e. The van der Waals surface area contributed by atoms with Gasteiger partial charge in [0.15, 0.2) is 6.61 Å². The molecule has 1 heterocycles. The van der Waals surface area contributed by atoms with Gasteiger partial charge in [0.2, 0.25) is 5.88 Å². The first-order valence-electron chi connectivity index (χ1n) is 7.45. The Kier molecular flexibility index (Phi) is 5.70. The van der Waals surface area contributed by atoms with Gasteiger partial charge < -0.3 is 10.1 Å². The summed E-state index contributed by atoms with van der Waals surface area (Å²) in [5.74, 6) is -0.00413. The molecule has 1 saturated carbocycles. The largest absolute Gasteiger partial charge is 0.468 e. The highest BCUT2D eigenvalue weighted by Gasteiger charge is 2.28. The zero-order valence-corrected chi connectivity index (χ0v) is 12.0. The van der Waals surface area contributed by atoms with Crippen molar-refractivity contribution in [1.82, 2.24) is 4.98 Å². The maximum Gasteiger partial charge on any atom is 0.422 e. The summed E-state index contributed by atoms with van der Waals surface area (Å²) >= 11 is 0. The Bertz CT molecular complexity index is 412. The third-order valence-electron chi connectivity index (χ3n) is 3.60. The van der Waals surface area contributed by atoms with Gasteiger partial charge in [-0.05, 0) is 18.9 Å². The van der Waals surface area contributed by atoms with Crippen molar-refractivity contribution < 1.29 is 17.9 Å². The molecule has 1 N–H and O–H groups in total. The van der Waals surface area contributed by atoms with Crippen molar-refractivity contribution in [3.8, 4) is 5.88 Å². The van der Waals surface area contributed by atoms with Gasteiger partial charge in [-0.1, -0.05) is 32.1 Å². The third kappa shape index (κ3) is 6.23. The average molecular weight is 302 g/mol. The van der Waals surface area contributed by atoms with E-state index in [1.54, 1.807) is 6.07 Å². The van der Waals surface area contributed by atoms with Crippen LogP contribution in [0.5, 0.6) is 5.88 Å². The summed E-state index contributed by atoms with van der Waals surface area (Å²) in [4.78, 5) is 3.90. The number of anilines is 1. The van der Waals surface area contributed by atoms with E-state index in [2.05, 4.69) is 15.0 Å². The summed E-state index contributed by atoms with van der Waals surface area (Å²) in [5.41, 5.74) is 0.833. The molecule has 1 fully saturated rings. The topological polar surface area (TPSA) is 34.1 Å². The second-order valence-electron chi connectivity index (χ2n) is 5.48. The number of halogens is 3. The van der Waals surface area contributed by atoms with Crippen LogP contribution in [-0.2, 0) is 0 Å². The van der Waals surface area contributed by atoms with Crippen molar-refractivity contribution in [2.45, 2.75) is 57.2 Å². The minimum absolute atomic E-state index is 0.00413. The van der Waals surface area contributed by atoms with E-state index in [-0.39, 0.29) is 5.88 Å². The van der Waals surface area contributed by atoms with Gasteiger partial charge in [0.1, 0.15) is 0 Å². The van der Waals surface area contributed by atoms with Crippen LogP contribution in [-0.4, -0.2) is 23.8 Å². The van der Waals surface area contributed by atoms with Crippen LogP contribution in [0.4, 0.5) is 18.9 Å². The molecule has 3 nitrogen and oxygen atoms in total. The van der Waals surface area contributed by atoms with Crippen LogP contribution in [0, 0.1) is 0 Å². The molecule has 2 rings (SSSR count). The summed E-state index contributed by atoms with van der Waals surface area (Å²) in [7, 11) is 0. The average Bonchev–Trinajstić information content (AvgIpc) is 2.40. The molecular formula is C15H21F3N2O. The van der Waals surface area contributed by atoms with Crippen LogP contribution in [0.15, 0.2) is 18.3 Å². The van der Waals surface area contributed by atoms with E-state index in [1.165, 1.54) is 44.4 Å². The van der Waals surface area contributed by atoms with Crippen LogP contribution in [0.2, 0.25) is 0 Å². The zero-order chi connectivity index (χ0) is 15.1. The number of rotatable bonds is 4. The summed E-state index contributed by atoms with van der Waals surface area (Å²) in [6, 6.07) is 3.61. The molecule has 1 aromatic rings. The highest BCUT2D eigenvalue weighted by Crippen LogP contribution is 2.22. The molecule has 1 aromatic heterocycles. The van der Waals surface area contributed by atoms with Gasteiger partial charge in [0.25, 0.3) is 0 Å². The summed E-state index contributed by atoms with van der Waals surface area (Å²) in [6.07, 6.45) is 5.77. The fourth-order valence-corrected chi connectivity index (χ4v) is 2.54. The van der Waals surface area contributed by atoms with Gasteiger partial charge in [-0.15, -0.1) is 0 Å². The predicted molar refractivity (Wildman–Crippen MR) is 75.5 cm³/mol. The van der Waals surface area contributed by atoms with E-state index in [0.717, 1.165) is 18.5 Å². The fourth-order valence-electron chi connectivity index (χ4n) is 2.54. The van der Waals surface area contributed by atoms with Crippen LogP contribution in [0.25, 0.3) is 0 Å². The molecule has 0 radical (unpaired) electrons. The molecule has 0 unspecified atom stereocenters. The maximum atomic E-state index is 12.0. The van der Waals surface area contributed by atoms with E-state index in [4.69, 9.17) is 0 Å². The molecule has 0 atom stereocenters. The van der Waals surface area contributed by atoms with Gasteiger partial charge in [0.05, 0.1) is 11.9 Å². The van der Waals surface area contributed by atoms with Gasteiger partial charge >= 0.3 is 6.18 Å². The SMILES string of the molecule is FC(F)(F)COc1ccc(NC2CCCCCCC2)cn1. The van der Waals surface area contributed by atoms with E-state index >= 15 is 0 Å². The lowest BCUT2D eigenvalue weighted by Crippen LogP contribution is -2.21. The second kappa shape index (κ2) is 7.52. The molecule has 1 aliphatic rings. The van der Waals surface area contributed by atoms with Crippen molar-refractivity contribution in [1.29, 1.82) is 0 Å². The van der Waals surface area contributed by atoms with Gasteiger partial charge in [-0.3, -0.25) is 0 Å². The third-order valence-corrected chi connectivity index (χ3v) is 3.60. The normalized spacial score (nSPS) is 17.9. The molecule has 0 spiro atoms. The lowest BCUT2D eigenvalue weighted by molar-refractivity contribution is -0.154. The Balaban J connectivity index is 1.83. The minimum atomic E-state index is -4.34. The van der Waals surface area contributed by atoms with Crippen molar-refractivity contribution >= 4 is 5.69 Å². The van der Waals surface area contributed by atoms with Gasteiger partial charge in [-0.25, -0.2) is 4.98 Å². The summed E-state index contributed by atoms with van der Waals surface area (Å²) < 4.78 is 40.7. The molecule has 21 heavy (non-hydrogen) atoms. The Hall–Kier alpha value is -1.46. The molecule has 0 aliphatic heterocycles. The molecule has 1 aliphatic carbocycles. The molecule has 0 bridgehead atoms. The first-order chi connectivity index (χ1) is 10.0. The maximum absolute atomic E-state index is 12.0. The van der Waals surface area contributed by atoms with E-state index < -0.39 is 12.8 Å². The fraction of sp³-hybridized carbons (Fsp3) is 0.667. The molecule has 0 aromatic carbocycles. The number of hydrogen-bond acceptors (Lipinski definition) is 3. The number of hydrogen-bond donors (Lipinski definition) is 1. The molecule has 118 valence electrons. The lowest BCUT2D eigenvalue weighted by atomic mass is 9.96. The second-order valence-corrected chi connectivity index (χ2v) is 5.48. The van der Waals surface area contributed by atoms with Crippen molar-refractivity contribution in [2.24, 2.45) is 0 Å². The number of nitrogens with zero attached hydrogens (tertiary/aromatic N) is 1. The van der Waals surface area contributed by atoms with Crippen LogP contribution < -0.4 is 10.1 Å². The first-order valence-corrected chi connectivity index (χ1v) is 7.45. The molecule has 0 saturated heterocycles. The lowest BCUT2D eigenvalue weighted by Gasteiger charge is -2.22. The Morgan fingerprint density at radius 3 is 2.33 bits per heavy atom. The van der Waals surface area contributed by atoms with Crippen LogP contribution in [0.3, 0.4) is 0 Å². The highest BCUT2D eigenvalue weighted by molar-refractivity contribution is 5.42. The van der Waals surface area contributed by atoms with Gasteiger partial charge in [0, 0.05) is 12.1 Å². The predicted octanol–water partition coefficient (Wildman–Crippen LogP) is 4.55. The summed E-state index contributed by atoms with van der Waals surface area (Å²) in [6.45, 7) is -1.31. The number of pyridine rings is 1. The quantitative estimate of drug-likeness (QED) is 0.886. The monoisotopic (exact) mass is 302 g/mol. The van der Waals surface area contributed by atoms with E-state index in [1.807, 2.05) is 0 Å². The number of alkyl halides is 3. The van der Waals surface area contributed by atoms with Crippen LogP contribution >= 0.6 is 0 Å². The van der Waals surface area contributed by atoms with Crippen LogP contribution in [0.1, 0.15) is 44.9 Å². The number of ether oxygens (including phenoxy) is 1. The van der Waals surface area contributed by atoms with E-state index in [9.17, 15) is 13.2 Å². The molecular weight excluding hydrogens is 281 g/mol. The Morgan fingerprint density at radius 1 is 1.10 bits per heavy atom. The number of nitrogens with one attached hydrogen (secondary N) is 1. The zero-order valence-electron chi connectivity index (χ0n) is 12.0. The highest BCUT2D eigenvalue weighted by atomic mass is 19.4. The first kappa shape index (κ1) is 15.9. The van der Waals surface area contributed by atoms with Crippen molar-refractivity contribution in [2.75, 3.05) is 11.9 Å². The Morgan fingerprint density at radius 2 is 1.76 bits per heavy atom. The van der Waals surface area contributed by atoms with Crippen molar-refractivity contribution in [3.05, 3.63) is 18.3 Å². The summed E-state index contributed by atoms with van der Waals surface area (Å²) in [5, 5.41) is 3.41. The van der Waals surface area contributed by atoms with E-state index in [0.29, 0.717) is 6.04 Å². The molecule has 0 amide bonds. The Labute approximate surface area is 122 Å². The number of aromatic nitrogens is 1. The molecule has 6 heteroatoms.